The van der Waals surface area contributed by atoms with Gasteiger partial charge < -0.3 is 19.9 Å². The molecule has 4 aliphatic rings. The lowest BCUT2D eigenvalue weighted by Gasteiger charge is -2.35. The van der Waals surface area contributed by atoms with Gasteiger partial charge in [0.1, 0.15) is 17.7 Å². The van der Waals surface area contributed by atoms with Crippen LogP contribution in [-0.2, 0) is 20.9 Å². The number of piperazine rings is 1. The van der Waals surface area contributed by atoms with E-state index in [0.717, 1.165) is 79.3 Å². The summed E-state index contributed by atoms with van der Waals surface area (Å²) in [5, 5.41) is 11.7. The Morgan fingerprint density at radius 3 is 2.40 bits per heavy atom. The number of anilines is 4. The van der Waals surface area contributed by atoms with E-state index in [1.165, 1.54) is 0 Å². The molecule has 0 spiro atoms. The molecule has 0 saturated carbocycles. The molecule has 16 nitrogen and oxygen atoms in total. The van der Waals surface area contributed by atoms with Crippen LogP contribution in [0.3, 0.4) is 0 Å². The summed E-state index contributed by atoms with van der Waals surface area (Å²) in [5.74, 6) is 0.934. The van der Waals surface area contributed by atoms with Crippen LogP contribution in [0.4, 0.5) is 23.4 Å². The standard InChI is InChI=1S/C37H43N11O5/c1-22(2)48-29-19-31(40-30-8-11-38-37(41-30)46-12-9-24(53-3)10-13-46)39-20-27(29)33(43-48)45-16-14-44(15-17-45)21-23-4-5-25-26(18-23)36(52)47(35(25)51)28-6-7-32(49)42-34(28)50/h4-5,8,11,18-20,22,24,28H,6-7,9-10,12-17,21H2,1-3H3,(H,42,49,50)(H,38,39,40,41). The molecule has 3 aromatic heterocycles. The third-order valence-electron chi connectivity index (χ3n) is 10.6. The summed E-state index contributed by atoms with van der Waals surface area (Å²) in [6.07, 6.45) is 6.04. The summed E-state index contributed by atoms with van der Waals surface area (Å²) >= 11 is 0. The molecular formula is C37H43N11O5. The molecular weight excluding hydrogens is 678 g/mol. The Hall–Kier alpha value is -5.48. The molecule has 3 saturated heterocycles. The molecule has 7 heterocycles. The molecule has 4 aromatic rings. The second-order valence-corrected chi connectivity index (χ2v) is 14.3. The van der Waals surface area contributed by atoms with Crippen molar-refractivity contribution in [3.63, 3.8) is 0 Å². The fraction of sp³-hybridized carbons (Fsp3) is 0.459. The average Bonchev–Trinajstić information content (AvgIpc) is 3.66. The number of amides is 4. The monoisotopic (exact) mass is 721 g/mol. The number of fused-ring (bicyclic) bond motifs is 2. The minimum Gasteiger partial charge on any atom is -0.381 e. The number of ether oxygens (including phenoxy) is 1. The zero-order chi connectivity index (χ0) is 36.8. The number of carbonyl (C=O) groups is 4. The highest BCUT2D eigenvalue weighted by Gasteiger charge is 2.44. The largest absolute Gasteiger partial charge is 0.381 e. The minimum atomic E-state index is -0.980. The van der Waals surface area contributed by atoms with Crippen LogP contribution < -0.4 is 20.4 Å². The molecule has 276 valence electrons. The molecule has 0 aliphatic carbocycles. The van der Waals surface area contributed by atoms with Crippen molar-refractivity contribution in [2.24, 2.45) is 0 Å². The van der Waals surface area contributed by atoms with Crippen LogP contribution in [0.15, 0.2) is 42.7 Å². The number of benzene rings is 1. The zero-order valence-electron chi connectivity index (χ0n) is 30.1. The third-order valence-corrected chi connectivity index (χ3v) is 10.6. The van der Waals surface area contributed by atoms with E-state index in [4.69, 9.17) is 19.8 Å². The maximum atomic E-state index is 13.3. The second kappa shape index (κ2) is 14.2. The maximum Gasteiger partial charge on any atom is 0.262 e. The van der Waals surface area contributed by atoms with Crippen molar-refractivity contribution in [1.29, 1.82) is 0 Å². The van der Waals surface area contributed by atoms with Crippen LogP contribution in [0.5, 0.6) is 0 Å². The number of carbonyl (C=O) groups excluding carboxylic acids is 4. The van der Waals surface area contributed by atoms with Gasteiger partial charge in [0.05, 0.1) is 28.1 Å². The van der Waals surface area contributed by atoms with Crippen LogP contribution in [0, 0.1) is 0 Å². The Labute approximate surface area is 306 Å². The van der Waals surface area contributed by atoms with E-state index < -0.39 is 29.7 Å². The number of hydrogen-bond acceptors (Lipinski definition) is 13. The molecule has 1 atom stereocenters. The number of hydrogen-bond donors (Lipinski definition) is 2. The highest BCUT2D eigenvalue weighted by Crippen LogP contribution is 2.32. The number of nitrogens with one attached hydrogen (secondary N) is 2. The highest BCUT2D eigenvalue weighted by molar-refractivity contribution is 6.23. The molecule has 53 heavy (non-hydrogen) atoms. The molecule has 1 unspecified atom stereocenters. The predicted octanol–water partition coefficient (Wildman–Crippen LogP) is 2.88. The number of rotatable bonds is 9. The third kappa shape index (κ3) is 6.68. The Balaban J connectivity index is 0.927. The van der Waals surface area contributed by atoms with Gasteiger partial charge in [0.25, 0.3) is 11.8 Å². The topological polar surface area (TPSA) is 171 Å². The fourth-order valence-electron chi connectivity index (χ4n) is 7.70. The molecule has 2 N–H and O–H groups in total. The predicted molar refractivity (Wildman–Crippen MR) is 196 cm³/mol. The quantitative estimate of drug-likeness (QED) is 0.242. The zero-order valence-corrected chi connectivity index (χ0v) is 30.1. The average molecular weight is 722 g/mol. The first-order valence-corrected chi connectivity index (χ1v) is 18.2. The number of imide groups is 2. The van der Waals surface area contributed by atoms with Gasteiger partial charge in [-0.3, -0.25) is 39.0 Å². The summed E-state index contributed by atoms with van der Waals surface area (Å²) in [6.45, 7) is 9.58. The molecule has 1 aromatic carbocycles. The van der Waals surface area contributed by atoms with Gasteiger partial charge in [-0.15, -0.1) is 0 Å². The minimum absolute atomic E-state index is 0.0873. The molecule has 8 rings (SSSR count). The molecule has 4 amide bonds. The Morgan fingerprint density at radius 1 is 0.887 bits per heavy atom. The van der Waals surface area contributed by atoms with Crippen molar-refractivity contribution < 1.29 is 23.9 Å². The first-order valence-electron chi connectivity index (χ1n) is 18.2. The lowest BCUT2D eigenvalue weighted by molar-refractivity contribution is -0.136. The van der Waals surface area contributed by atoms with Crippen molar-refractivity contribution >= 4 is 57.9 Å². The van der Waals surface area contributed by atoms with Gasteiger partial charge in [0.15, 0.2) is 5.82 Å². The van der Waals surface area contributed by atoms with Gasteiger partial charge in [-0.2, -0.15) is 10.1 Å². The van der Waals surface area contributed by atoms with Gasteiger partial charge >= 0.3 is 0 Å². The van der Waals surface area contributed by atoms with Crippen molar-refractivity contribution in [2.45, 2.75) is 64.3 Å². The Morgan fingerprint density at radius 2 is 1.66 bits per heavy atom. The lowest BCUT2D eigenvalue weighted by Crippen LogP contribution is -2.54. The van der Waals surface area contributed by atoms with Gasteiger partial charge in [-0.1, -0.05) is 6.07 Å². The van der Waals surface area contributed by atoms with E-state index in [0.29, 0.717) is 29.7 Å². The summed E-state index contributed by atoms with van der Waals surface area (Å²) in [5.41, 5.74) is 2.47. The Bertz CT molecular complexity index is 2080. The first kappa shape index (κ1) is 34.6. The van der Waals surface area contributed by atoms with Gasteiger partial charge in [-0.05, 0) is 56.9 Å². The van der Waals surface area contributed by atoms with Crippen LogP contribution in [0.1, 0.15) is 71.9 Å². The van der Waals surface area contributed by atoms with Crippen LogP contribution in [0.25, 0.3) is 10.9 Å². The van der Waals surface area contributed by atoms with E-state index in [2.05, 4.69) is 44.2 Å². The summed E-state index contributed by atoms with van der Waals surface area (Å²) < 4.78 is 7.55. The SMILES string of the molecule is COC1CCN(c2nccc(Nc3cc4c(cn3)c(N3CCN(Cc5ccc6c(c5)C(=O)N(C5CCC(=O)NC5=O)C6=O)CC3)nn4C(C)C)n2)CC1. The van der Waals surface area contributed by atoms with Crippen molar-refractivity contribution in [3.05, 3.63) is 59.4 Å². The van der Waals surface area contributed by atoms with E-state index >= 15 is 0 Å². The number of piperidine rings is 2. The van der Waals surface area contributed by atoms with Crippen LogP contribution in [-0.4, -0.2) is 117 Å². The first-order chi connectivity index (χ1) is 25.7. The maximum absolute atomic E-state index is 13.3. The second-order valence-electron chi connectivity index (χ2n) is 14.3. The summed E-state index contributed by atoms with van der Waals surface area (Å²) in [6, 6.07) is 8.31. The number of aromatic nitrogens is 5. The van der Waals surface area contributed by atoms with Gasteiger partial charge in [0.2, 0.25) is 17.8 Å². The normalized spacial score (nSPS) is 20.2. The summed E-state index contributed by atoms with van der Waals surface area (Å²) in [4.78, 5) is 72.4. The number of nitrogens with zero attached hydrogens (tertiary/aromatic N) is 9. The van der Waals surface area contributed by atoms with Gasteiger partial charge in [0, 0.05) is 83.8 Å². The molecule has 16 heteroatoms. The van der Waals surface area contributed by atoms with E-state index in [1.54, 1.807) is 25.4 Å². The van der Waals surface area contributed by atoms with Gasteiger partial charge in [-0.25, -0.2) is 9.97 Å². The van der Waals surface area contributed by atoms with Crippen LogP contribution >= 0.6 is 0 Å². The van der Waals surface area contributed by atoms with E-state index in [1.807, 2.05) is 29.1 Å². The Kier molecular flexibility index (Phi) is 9.24. The van der Waals surface area contributed by atoms with Crippen molar-refractivity contribution in [3.8, 4) is 0 Å². The molecule has 0 radical (unpaired) electrons. The smallest absolute Gasteiger partial charge is 0.262 e. The van der Waals surface area contributed by atoms with Crippen molar-refractivity contribution in [2.75, 3.05) is 61.5 Å². The van der Waals surface area contributed by atoms with Crippen LogP contribution in [0.2, 0.25) is 0 Å². The number of pyridine rings is 1. The number of methoxy groups -OCH3 is 1. The molecule has 4 aliphatic heterocycles. The fourth-order valence-corrected chi connectivity index (χ4v) is 7.70. The lowest BCUT2D eigenvalue weighted by atomic mass is 10.0. The molecule has 3 fully saturated rings. The van der Waals surface area contributed by atoms with Crippen molar-refractivity contribution in [1.82, 2.24) is 39.8 Å². The molecule has 0 bridgehead atoms. The van der Waals surface area contributed by atoms with E-state index in [-0.39, 0.29) is 30.6 Å². The van der Waals surface area contributed by atoms with E-state index in [9.17, 15) is 19.2 Å². The summed E-state index contributed by atoms with van der Waals surface area (Å²) in [7, 11) is 1.76. The highest BCUT2D eigenvalue weighted by atomic mass is 16.5.